The number of rotatable bonds is 5. The number of hydrogen-bond donors (Lipinski definition) is 0. The number of piperazine rings is 1. The number of thioether (sulfide) groups is 1. The van der Waals surface area contributed by atoms with E-state index < -0.39 is 0 Å². The number of nitrogens with zero attached hydrogens (tertiary/aromatic N) is 3. The summed E-state index contributed by atoms with van der Waals surface area (Å²) in [5.74, 6) is 0.210. The van der Waals surface area contributed by atoms with Crippen molar-refractivity contribution in [2.75, 3.05) is 26.2 Å². The maximum absolute atomic E-state index is 13.0. The van der Waals surface area contributed by atoms with Crippen molar-refractivity contribution in [1.82, 2.24) is 14.8 Å². The van der Waals surface area contributed by atoms with Crippen LogP contribution in [-0.2, 0) is 11.3 Å². The van der Waals surface area contributed by atoms with Crippen molar-refractivity contribution in [2.24, 2.45) is 0 Å². The highest BCUT2D eigenvalue weighted by Crippen LogP contribution is 2.27. The number of hydrogen-bond acceptors (Lipinski definition) is 4. The normalized spacial score (nSPS) is 16.1. The lowest BCUT2D eigenvalue weighted by Crippen LogP contribution is -2.50. The highest BCUT2D eigenvalue weighted by Gasteiger charge is 2.26. The van der Waals surface area contributed by atoms with Crippen LogP contribution < -0.4 is 0 Å². The first-order valence-electron chi connectivity index (χ1n) is 10.2. The molecule has 0 N–H and O–H groups in total. The van der Waals surface area contributed by atoms with Gasteiger partial charge in [-0.2, -0.15) is 0 Å². The van der Waals surface area contributed by atoms with Gasteiger partial charge in [0.2, 0.25) is 5.91 Å². The Balaban J connectivity index is 1.34. The highest BCUT2D eigenvalue weighted by molar-refractivity contribution is 8.00. The average Bonchev–Trinajstić information content (AvgIpc) is 2.74. The first-order valence-corrected chi connectivity index (χ1v) is 11.1. The Morgan fingerprint density at radius 1 is 1.03 bits per heavy atom. The Bertz CT molecular complexity index is 984. The number of para-hydroxylation sites is 1. The van der Waals surface area contributed by atoms with E-state index in [1.165, 1.54) is 16.5 Å². The van der Waals surface area contributed by atoms with Crippen molar-refractivity contribution < 1.29 is 4.79 Å². The largest absolute Gasteiger partial charge is 0.339 e. The molecule has 2 aromatic carbocycles. The third-order valence-corrected chi connectivity index (χ3v) is 6.48. The van der Waals surface area contributed by atoms with Gasteiger partial charge in [0.1, 0.15) is 0 Å². The van der Waals surface area contributed by atoms with Crippen molar-refractivity contribution in [2.45, 2.75) is 30.7 Å². The van der Waals surface area contributed by atoms with E-state index in [1.54, 1.807) is 11.8 Å². The minimum absolute atomic E-state index is 0.135. The predicted molar refractivity (Wildman–Crippen MR) is 120 cm³/mol. The minimum Gasteiger partial charge on any atom is -0.339 e. The summed E-state index contributed by atoms with van der Waals surface area (Å²) in [5.41, 5.74) is 3.52. The molecule has 3 aromatic rings. The van der Waals surface area contributed by atoms with E-state index in [1.807, 2.05) is 36.1 Å². The summed E-state index contributed by atoms with van der Waals surface area (Å²) in [5, 5.41) is 1.96. The number of aromatic nitrogens is 1. The van der Waals surface area contributed by atoms with Gasteiger partial charge in [-0.3, -0.25) is 9.69 Å². The van der Waals surface area contributed by atoms with Gasteiger partial charge >= 0.3 is 0 Å². The quantitative estimate of drug-likeness (QED) is 0.591. The van der Waals surface area contributed by atoms with Crippen molar-refractivity contribution in [1.29, 1.82) is 0 Å². The second-order valence-corrected chi connectivity index (χ2v) is 9.00. The SMILES string of the molecule is Cc1cc(SC(C)C(=O)N2CCN(Cc3ccccc3)CC2)nc2ccccc12. The lowest BCUT2D eigenvalue weighted by Gasteiger charge is -2.35. The van der Waals surface area contributed by atoms with E-state index >= 15 is 0 Å². The summed E-state index contributed by atoms with van der Waals surface area (Å²) >= 11 is 1.56. The van der Waals surface area contributed by atoms with Crippen LogP contribution in [0.15, 0.2) is 65.7 Å². The second kappa shape index (κ2) is 8.97. The molecule has 0 aliphatic carbocycles. The van der Waals surface area contributed by atoms with Crippen LogP contribution in [0.1, 0.15) is 18.1 Å². The summed E-state index contributed by atoms with van der Waals surface area (Å²) in [6, 6.07) is 20.8. The van der Waals surface area contributed by atoms with Crippen molar-refractivity contribution in [3.63, 3.8) is 0 Å². The summed E-state index contributed by atoms with van der Waals surface area (Å²) in [6.07, 6.45) is 0. The molecule has 1 unspecified atom stereocenters. The Labute approximate surface area is 176 Å². The summed E-state index contributed by atoms with van der Waals surface area (Å²) < 4.78 is 0. The number of benzene rings is 2. The second-order valence-electron chi connectivity index (χ2n) is 7.64. The van der Waals surface area contributed by atoms with Crippen LogP contribution in [0.4, 0.5) is 0 Å². The molecule has 0 saturated carbocycles. The van der Waals surface area contributed by atoms with Crippen LogP contribution in [0.3, 0.4) is 0 Å². The van der Waals surface area contributed by atoms with Crippen LogP contribution in [-0.4, -0.2) is 52.1 Å². The molecule has 1 aromatic heterocycles. The fraction of sp³-hybridized carbons (Fsp3) is 0.333. The zero-order chi connectivity index (χ0) is 20.2. The molecule has 4 nitrogen and oxygen atoms in total. The van der Waals surface area contributed by atoms with Crippen LogP contribution in [0, 0.1) is 6.92 Å². The maximum Gasteiger partial charge on any atom is 0.235 e. The van der Waals surface area contributed by atoms with Gasteiger partial charge in [-0.15, -0.1) is 0 Å². The van der Waals surface area contributed by atoms with E-state index in [0.29, 0.717) is 0 Å². The van der Waals surface area contributed by atoms with Gasteiger partial charge in [0.15, 0.2) is 0 Å². The smallest absolute Gasteiger partial charge is 0.235 e. The number of amides is 1. The topological polar surface area (TPSA) is 36.4 Å². The third kappa shape index (κ3) is 4.80. The molecular weight excluding hydrogens is 378 g/mol. The molecular formula is C24H27N3OS. The fourth-order valence-corrected chi connectivity index (χ4v) is 4.84. The number of carbonyl (C=O) groups excluding carboxylic acids is 1. The molecule has 1 amide bonds. The minimum atomic E-state index is -0.135. The zero-order valence-electron chi connectivity index (χ0n) is 17.0. The van der Waals surface area contributed by atoms with E-state index in [2.05, 4.69) is 48.2 Å². The predicted octanol–water partition coefficient (Wildman–Crippen LogP) is 4.37. The van der Waals surface area contributed by atoms with Gasteiger partial charge in [0.25, 0.3) is 0 Å². The van der Waals surface area contributed by atoms with Gasteiger partial charge < -0.3 is 4.90 Å². The van der Waals surface area contributed by atoms with Gasteiger partial charge in [0.05, 0.1) is 15.8 Å². The number of aryl methyl sites for hydroxylation is 1. The fourth-order valence-electron chi connectivity index (χ4n) is 3.84. The summed E-state index contributed by atoms with van der Waals surface area (Å²) in [4.78, 5) is 22.2. The molecule has 1 saturated heterocycles. The Hall–Kier alpha value is -2.37. The molecule has 0 bridgehead atoms. The molecule has 0 spiro atoms. The molecule has 2 heterocycles. The van der Waals surface area contributed by atoms with Gasteiger partial charge in [-0.05, 0) is 37.1 Å². The lowest BCUT2D eigenvalue weighted by molar-refractivity contribution is -0.132. The number of pyridine rings is 1. The molecule has 4 rings (SSSR count). The van der Waals surface area contributed by atoms with E-state index in [4.69, 9.17) is 4.98 Å². The molecule has 0 radical (unpaired) electrons. The third-order valence-electron chi connectivity index (χ3n) is 5.48. The van der Waals surface area contributed by atoms with Crippen LogP contribution in [0.25, 0.3) is 10.9 Å². The Morgan fingerprint density at radius 2 is 1.72 bits per heavy atom. The summed E-state index contributed by atoms with van der Waals surface area (Å²) in [6.45, 7) is 8.48. The van der Waals surface area contributed by atoms with Crippen molar-refractivity contribution in [3.8, 4) is 0 Å². The monoisotopic (exact) mass is 405 g/mol. The van der Waals surface area contributed by atoms with E-state index in [0.717, 1.165) is 43.3 Å². The van der Waals surface area contributed by atoms with Crippen LogP contribution >= 0.6 is 11.8 Å². The Morgan fingerprint density at radius 3 is 2.48 bits per heavy atom. The maximum atomic E-state index is 13.0. The van der Waals surface area contributed by atoms with Gasteiger partial charge in [-0.1, -0.05) is 60.3 Å². The molecule has 1 fully saturated rings. The van der Waals surface area contributed by atoms with E-state index in [9.17, 15) is 4.79 Å². The van der Waals surface area contributed by atoms with Crippen molar-refractivity contribution >= 4 is 28.6 Å². The average molecular weight is 406 g/mol. The van der Waals surface area contributed by atoms with Gasteiger partial charge in [-0.25, -0.2) is 4.98 Å². The first-order chi connectivity index (χ1) is 14.1. The molecule has 1 atom stereocenters. The highest BCUT2D eigenvalue weighted by atomic mass is 32.2. The number of carbonyl (C=O) groups is 1. The number of fused-ring (bicyclic) bond motifs is 1. The molecule has 1 aliphatic rings. The lowest BCUT2D eigenvalue weighted by atomic mass is 10.1. The van der Waals surface area contributed by atoms with Crippen molar-refractivity contribution in [3.05, 3.63) is 71.8 Å². The molecule has 29 heavy (non-hydrogen) atoms. The molecule has 1 aliphatic heterocycles. The molecule has 5 heteroatoms. The summed E-state index contributed by atoms with van der Waals surface area (Å²) in [7, 11) is 0. The van der Waals surface area contributed by atoms with Crippen LogP contribution in [0.2, 0.25) is 0 Å². The van der Waals surface area contributed by atoms with Crippen LogP contribution in [0.5, 0.6) is 0 Å². The molecule has 150 valence electrons. The van der Waals surface area contributed by atoms with Gasteiger partial charge in [0, 0.05) is 38.1 Å². The Kier molecular flexibility index (Phi) is 6.16. The first kappa shape index (κ1) is 19.9. The zero-order valence-corrected chi connectivity index (χ0v) is 17.9. The standard InChI is InChI=1S/C24H27N3OS/c1-18-16-23(25-22-11-7-6-10-21(18)22)29-19(2)24(28)27-14-12-26(13-15-27)17-20-8-4-3-5-9-20/h3-11,16,19H,12-15,17H2,1-2H3. The van der Waals surface area contributed by atoms with E-state index in [-0.39, 0.29) is 11.2 Å².